The van der Waals surface area contributed by atoms with E-state index in [-0.39, 0.29) is 17.5 Å². The van der Waals surface area contributed by atoms with Gasteiger partial charge in [0.1, 0.15) is 6.04 Å². The van der Waals surface area contributed by atoms with Crippen LogP contribution in [0.4, 0.5) is 0 Å². The number of likely N-dealkylation sites (N-methyl/N-ethyl adjacent to an activating group) is 1. The maximum atomic E-state index is 12.7. The summed E-state index contributed by atoms with van der Waals surface area (Å²) < 4.78 is 0. The molecule has 1 aromatic rings. The molecule has 4 heteroatoms. The van der Waals surface area contributed by atoms with Gasteiger partial charge in [-0.3, -0.25) is 4.79 Å². The van der Waals surface area contributed by atoms with Crippen LogP contribution in [-0.2, 0) is 4.79 Å². The lowest BCUT2D eigenvalue weighted by Gasteiger charge is -2.27. The molecule has 0 fully saturated rings. The lowest BCUT2D eigenvalue weighted by molar-refractivity contribution is -0.133. The molecule has 0 saturated heterocycles. The second-order valence-electron chi connectivity index (χ2n) is 6.49. The van der Waals surface area contributed by atoms with Crippen LogP contribution in [0.1, 0.15) is 46.2 Å². The van der Waals surface area contributed by atoms with Gasteiger partial charge in [0.25, 0.3) is 0 Å². The molecule has 0 aromatic heterocycles. The normalized spacial score (nSPS) is 13.0. The number of carbonyl (C=O) groups excluding carboxylic acids is 1. The van der Waals surface area contributed by atoms with Crippen LogP contribution in [0, 0.1) is 0 Å². The molecule has 0 bridgehead atoms. The number of hydrogen-bond donors (Lipinski definition) is 2. The topological polar surface area (TPSA) is 44.4 Å². The van der Waals surface area contributed by atoms with Gasteiger partial charge < -0.3 is 15.5 Å². The summed E-state index contributed by atoms with van der Waals surface area (Å²) in [4.78, 5) is 14.6. The van der Waals surface area contributed by atoms with Gasteiger partial charge in [0.2, 0.25) is 5.91 Å². The molecule has 4 nitrogen and oxygen atoms in total. The van der Waals surface area contributed by atoms with Crippen molar-refractivity contribution < 1.29 is 4.79 Å². The average molecular weight is 305 g/mol. The van der Waals surface area contributed by atoms with E-state index in [4.69, 9.17) is 0 Å². The van der Waals surface area contributed by atoms with E-state index in [1.807, 2.05) is 49.1 Å². The minimum atomic E-state index is -0.275. The van der Waals surface area contributed by atoms with Crippen molar-refractivity contribution in [1.82, 2.24) is 15.5 Å². The Morgan fingerprint density at radius 3 is 2.18 bits per heavy atom. The molecule has 22 heavy (non-hydrogen) atoms. The predicted octanol–water partition coefficient (Wildman–Crippen LogP) is 2.57. The van der Waals surface area contributed by atoms with Crippen molar-refractivity contribution in [3.8, 4) is 0 Å². The molecule has 1 unspecified atom stereocenters. The highest BCUT2D eigenvalue weighted by Crippen LogP contribution is 2.15. The number of amides is 1. The molecule has 0 heterocycles. The third-order valence-electron chi connectivity index (χ3n) is 3.58. The molecule has 0 aliphatic rings. The predicted molar refractivity (Wildman–Crippen MR) is 92.9 cm³/mol. The number of nitrogens with one attached hydrogen (secondary N) is 2. The van der Waals surface area contributed by atoms with Crippen molar-refractivity contribution in [2.75, 3.05) is 26.2 Å². The Morgan fingerprint density at radius 1 is 1.09 bits per heavy atom. The first kappa shape index (κ1) is 18.7. The summed E-state index contributed by atoms with van der Waals surface area (Å²) in [5.74, 6) is 0.145. The zero-order chi connectivity index (χ0) is 16.6. The van der Waals surface area contributed by atoms with Gasteiger partial charge in [-0.1, -0.05) is 30.3 Å². The highest BCUT2D eigenvalue weighted by molar-refractivity contribution is 5.83. The first-order valence-corrected chi connectivity index (χ1v) is 8.21. The molecule has 124 valence electrons. The second kappa shape index (κ2) is 8.91. The average Bonchev–Trinajstić information content (AvgIpc) is 2.48. The summed E-state index contributed by atoms with van der Waals surface area (Å²) >= 11 is 0. The van der Waals surface area contributed by atoms with Gasteiger partial charge in [-0.15, -0.1) is 0 Å². The van der Waals surface area contributed by atoms with E-state index in [1.54, 1.807) is 0 Å². The maximum Gasteiger partial charge on any atom is 0.244 e. The summed E-state index contributed by atoms with van der Waals surface area (Å²) in [6.07, 6.45) is 0. The zero-order valence-corrected chi connectivity index (χ0v) is 14.6. The Labute approximate surface area is 135 Å². The Kier molecular flexibility index (Phi) is 7.56. The van der Waals surface area contributed by atoms with Crippen LogP contribution in [0.15, 0.2) is 30.3 Å². The molecule has 0 saturated carbocycles. The summed E-state index contributed by atoms with van der Waals surface area (Å²) in [7, 11) is 0. The first-order chi connectivity index (χ1) is 10.4. The van der Waals surface area contributed by atoms with Crippen LogP contribution in [-0.4, -0.2) is 42.5 Å². The van der Waals surface area contributed by atoms with Gasteiger partial charge in [-0.05, 0) is 40.2 Å². The number of nitrogens with zero attached hydrogens (tertiary/aromatic N) is 1. The largest absolute Gasteiger partial charge is 0.342 e. The Morgan fingerprint density at radius 2 is 1.68 bits per heavy atom. The van der Waals surface area contributed by atoms with Crippen molar-refractivity contribution in [1.29, 1.82) is 0 Å². The molecule has 0 aliphatic carbocycles. The van der Waals surface area contributed by atoms with E-state index in [9.17, 15) is 4.79 Å². The highest BCUT2D eigenvalue weighted by atomic mass is 16.2. The quantitative estimate of drug-likeness (QED) is 0.726. The standard InChI is InChI=1S/C18H31N3O/c1-6-21(7-2)17(22)16(15-11-9-8-10-12-15)19-13-14-20-18(3,4)5/h8-12,16,19-20H,6-7,13-14H2,1-5H3. The highest BCUT2D eigenvalue weighted by Gasteiger charge is 2.23. The van der Waals surface area contributed by atoms with Crippen LogP contribution < -0.4 is 10.6 Å². The Balaban J connectivity index is 2.73. The van der Waals surface area contributed by atoms with Crippen molar-refractivity contribution in [2.45, 2.75) is 46.2 Å². The van der Waals surface area contributed by atoms with E-state index in [1.165, 1.54) is 0 Å². The summed E-state index contributed by atoms with van der Waals surface area (Å²) in [5.41, 5.74) is 1.11. The van der Waals surface area contributed by atoms with Crippen molar-refractivity contribution in [2.24, 2.45) is 0 Å². The first-order valence-electron chi connectivity index (χ1n) is 8.21. The van der Waals surface area contributed by atoms with Gasteiger partial charge in [0, 0.05) is 31.7 Å². The molecule has 0 aliphatic heterocycles. The SMILES string of the molecule is CCN(CC)C(=O)C(NCCNC(C)(C)C)c1ccccc1. The lowest BCUT2D eigenvalue weighted by Crippen LogP contribution is -2.45. The van der Waals surface area contributed by atoms with Crippen LogP contribution in [0.3, 0.4) is 0 Å². The monoisotopic (exact) mass is 305 g/mol. The molecule has 0 radical (unpaired) electrons. The lowest BCUT2D eigenvalue weighted by atomic mass is 10.1. The second-order valence-corrected chi connectivity index (χ2v) is 6.49. The molecule has 1 aromatic carbocycles. The number of hydrogen-bond acceptors (Lipinski definition) is 3. The van der Waals surface area contributed by atoms with Crippen LogP contribution in [0.25, 0.3) is 0 Å². The Hall–Kier alpha value is -1.39. The summed E-state index contributed by atoms with van der Waals surface area (Å²) in [5, 5.41) is 6.84. The third-order valence-corrected chi connectivity index (χ3v) is 3.58. The molecule has 1 atom stereocenters. The van der Waals surface area contributed by atoms with Crippen molar-refractivity contribution >= 4 is 5.91 Å². The molecule has 1 rings (SSSR count). The number of carbonyl (C=O) groups is 1. The fourth-order valence-corrected chi connectivity index (χ4v) is 2.37. The molecule has 2 N–H and O–H groups in total. The summed E-state index contributed by atoms with van der Waals surface area (Å²) in [6.45, 7) is 13.5. The fourth-order valence-electron chi connectivity index (χ4n) is 2.37. The van der Waals surface area contributed by atoms with Crippen molar-refractivity contribution in [3.63, 3.8) is 0 Å². The van der Waals surface area contributed by atoms with Gasteiger partial charge in [-0.2, -0.15) is 0 Å². The van der Waals surface area contributed by atoms with Gasteiger partial charge in [0.05, 0.1) is 0 Å². The molecule has 0 spiro atoms. The summed E-state index contributed by atoms with van der Waals surface area (Å²) in [6, 6.07) is 9.68. The minimum absolute atomic E-state index is 0.0901. The zero-order valence-electron chi connectivity index (χ0n) is 14.6. The number of benzene rings is 1. The maximum absolute atomic E-state index is 12.7. The van der Waals surface area contributed by atoms with E-state index >= 15 is 0 Å². The molecular weight excluding hydrogens is 274 g/mol. The van der Waals surface area contributed by atoms with E-state index in [2.05, 4.69) is 31.4 Å². The van der Waals surface area contributed by atoms with E-state index in [0.29, 0.717) is 0 Å². The molecular formula is C18H31N3O. The van der Waals surface area contributed by atoms with E-state index < -0.39 is 0 Å². The fraction of sp³-hybridized carbons (Fsp3) is 0.611. The molecule has 1 amide bonds. The smallest absolute Gasteiger partial charge is 0.244 e. The van der Waals surface area contributed by atoms with Crippen LogP contribution in [0.2, 0.25) is 0 Å². The number of rotatable bonds is 8. The van der Waals surface area contributed by atoms with E-state index in [0.717, 1.165) is 31.7 Å². The van der Waals surface area contributed by atoms with Crippen molar-refractivity contribution in [3.05, 3.63) is 35.9 Å². The minimum Gasteiger partial charge on any atom is -0.342 e. The Bertz CT molecular complexity index is 435. The van der Waals surface area contributed by atoms with Gasteiger partial charge >= 0.3 is 0 Å². The van der Waals surface area contributed by atoms with Gasteiger partial charge in [-0.25, -0.2) is 0 Å². The third kappa shape index (κ3) is 6.16. The van der Waals surface area contributed by atoms with Gasteiger partial charge in [0.15, 0.2) is 0 Å². The van der Waals surface area contributed by atoms with Crippen LogP contribution in [0.5, 0.6) is 0 Å². The van der Waals surface area contributed by atoms with Crippen LogP contribution >= 0.6 is 0 Å².